The molecule has 0 aliphatic heterocycles. The van der Waals surface area contributed by atoms with E-state index in [-0.39, 0.29) is 17.9 Å². The van der Waals surface area contributed by atoms with Crippen LogP contribution in [0, 0.1) is 0 Å². The molecular formula is C17H14N2O3. The zero-order valence-electron chi connectivity index (χ0n) is 11.7. The van der Waals surface area contributed by atoms with Gasteiger partial charge in [-0.05, 0) is 35.9 Å². The van der Waals surface area contributed by atoms with Crippen LogP contribution in [0.4, 0.5) is 0 Å². The molecule has 3 aromatic rings. The fourth-order valence-corrected chi connectivity index (χ4v) is 2.04. The molecule has 0 aliphatic carbocycles. The molecule has 0 saturated carbocycles. The monoisotopic (exact) mass is 294 g/mol. The van der Waals surface area contributed by atoms with E-state index in [9.17, 15) is 9.90 Å². The molecule has 5 nitrogen and oxygen atoms in total. The first kappa shape index (κ1) is 13.9. The first-order chi connectivity index (χ1) is 10.7. The van der Waals surface area contributed by atoms with E-state index in [2.05, 4.69) is 5.10 Å². The summed E-state index contributed by atoms with van der Waals surface area (Å²) < 4.78 is 6.95. The fourth-order valence-electron chi connectivity index (χ4n) is 2.04. The summed E-state index contributed by atoms with van der Waals surface area (Å²) >= 11 is 0. The molecule has 0 atom stereocenters. The minimum atomic E-state index is -0.547. The van der Waals surface area contributed by atoms with Crippen LogP contribution in [0.5, 0.6) is 5.75 Å². The molecule has 0 spiro atoms. The number of ether oxygens (including phenoxy) is 1. The van der Waals surface area contributed by atoms with Crippen molar-refractivity contribution in [3.05, 3.63) is 78.1 Å². The van der Waals surface area contributed by atoms with Crippen LogP contribution in [-0.4, -0.2) is 20.9 Å². The fraction of sp³-hybridized carbons (Fsp3) is 0.0588. The van der Waals surface area contributed by atoms with E-state index in [0.29, 0.717) is 0 Å². The minimum absolute atomic E-state index is 0.0819. The Labute approximate surface area is 127 Å². The zero-order valence-corrected chi connectivity index (χ0v) is 11.7. The summed E-state index contributed by atoms with van der Waals surface area (Å²) in [6.07, 6.45) is 3.56. The molecule has 1 N–H and O–H groups in total. The second kappa shape index (κ2) is 6.13. The summed E-state index contributed by atoms with van der Waals surface area (Å²) in [5.41, 5.74) is 1.95. The summed E-state index contributed by atoms with van der Waals surface area (Å²) in [6.45, 7) is 0.145. The Morgan fingerprint density at radius 3 is 2.55 bits per heavy atom. The maximum Gasteiger partial charge on any atom is 0.342 e. The summed E-state index contributed by atoms with van der Waals surface area (Å²) in [6, 6.07) is 15.7. The highest BCUT2D eigenvalue weighted by Gasteiger charge is 2.11. The number of phenolic OH excluding ortho intramolecular Hbond substituents is 1. The molecule has 0 bridgehead atoms. The quantitative estimate of drug-likeness (QED) is 0.751. The highest BCUT2D eigenvalue weighted by Crippen LogP contribution is 2.17. The van der Waals surface area contributed by atoms with Crippen molar-refractivity contribution in [2.75, 3.05) is 0 Å². The highest BCUT2D eigenvalue weighted by molar-refractivity contribution is 5.92. The van der Waals surface area contributed by atoms with Crippen molar-refractivity contribution in [3.8, 4) is 11.4 Å². The van der Waals surface area contributed by atoms with Crippen molar-refractivity contribution in [1.29, 1.82) is 0 Å². The van der Waals surface area contributed by atoms with Gasteiger partial charge in [0, 0.05) is 12.4 Å². The number of esters is 1. The van der Waals surface area contributed by atoms with E-state index in [1.807, 2.05) is 36.5 Å². The van der Waals surface area contributed by atoms with Gasteiger partial charge in [0.2, 0.25) is 0 Å². The van der Waals surface area contributed by atoms with Crippen molar-refractivity contribution >= 4 is 5.97 Å². The van der Waals surface area contributed by atoms with Crippen LogP contribution in [0.2, 0.25) is 0 Å². The molecule has 2 aromatic carbocycles. The number of carbonyl (C=O) groups is 1. The topological polar surface area (TPSA) is 64.4 Å². The average molecular weight is 294 g/mol. The van der Waals surface area contributed by atoms with Gasteiger partial charge in [0.25, 0.3) is 0 Å². The van der Waals surface area contributed by atoms with E-state index in [4.69, 9.17) is 4.74 Å². The number of nitrogens with zero attached hydrogens (tertiary/aromatic N) is 2. The summed E-state index contributed by atoms with van der Waals surface area (Å²) in [5, 5.41) is 13.8. The smallest absolute Gasteiger partial charge is 0.342 e. The molecule has 1 heterocycles. The van der Waals surface area contributed by atoms with Crippen molar-refractivity contribution in [2.45, 2.75) is 6.61 Å². The third-order valence-electron chi connectivity index (χ3n) is 3.20. The molecule has 0 fully saturated rings. The molecule has 0 saturated heterocycles. The highest BCUT2D eigenvalue weighted by atomic mass is 16.5. The van der Waals surface area contributed by atoms with Crippen molar-refractivity contribution in [2.24, 2.45) is 0 Å². The molecule has 110 valence electrons. The van der Waals surface area contributed by atoms with Gasteiger partial charge in [-0.3, -0.25) is 0 Å². The maximum absolute atomic E-state index is 11.9. The third kappa shape index (κ3) is 2.98. The van der Waals surface area contributed by atoms with E-state index < -0.39 is 5.97 Å². The van der Waals surface area contributed by atoms with Gasteiger partial charge in [-0.15, -0.1) is 0 Å². The molecule has 0 unspecified atom stereocenters. The van der Waals surface area contributed by atoms with Crippen LogP contribution < -0.4 is 0 Å². The molecule has 22 heavy (non-hydrogen) atoms. The molecule has 5 heteroatoms. The van der Waals surface area contributed by atoms with Gasteiger partial charge in [-0.2, -0.15) is 5.10 Å². The Hall–Kier alpha value is -3.08. The van der Waals surface area contributed by atoms with Crippen LogP contribution in [-0.2, 0) is 11.3 Å². The van der Waals surface area contributed by atoms with Gasteiger partial charge in [-0.25, -0.2) is 9.48 Å². The van der Waals surface area contributed by atoms with Gasteiger partial charge < -0.3 is 9.84 Å². The lowest BCUT2D eigenvalue weighted by Gasteiger charge is -2.07. The van der Waals surface area contributed by atoms with Crippen LogP contribution >= 0.6 is 0 Å². The molecular weight excluding hydrogens is 280 g/mol. The number of aromatic hydroxyl groups is 1. The lowest BCUT2D eigenvalue weighted by molar-refractivity contribution is 0.0469. The molecule has 3 rings (SSSR count). The number of aromatic nitrogens is 2. The van der Waals surface area contributed by atoms with E-state index in [1.54, 1.807) is 23.0 Å². The van der Waals surface area contributed by atoms with Gasteiger partial charge in [0.15, 0.2) is 0 Å². The molecule has 0 amide bonds. The van der Waals surface area contributed by atoms with Gasteiger partial charge >= 0.3 is 5.97 Å². The Morgan fingerprint density at radius 2 is 1.86 bits per heavy atom. The number of para-hydroxylation sites is 1. The Morgan fingerprint density at radius 1 is 1.09 bits per heavy atom. The van der Waals surface area contributed by atoms with Gasteiger partial charge in [0.05, 0.1) is 5.69 Å². The predicted molar refractivity (Wildman–Crippen MR) is 80.8 cm³/mol. The summed E-state index contributed by atoms with van der Waals surface area (Å²) in [7, 11) is 0. The maximum atomic E-state index is 11.9. The normalized spacial score (nSPS) is 10.4. The van der Waals surface area contributed by atoms with Crippen LogP contribution in [0.3, 0.4) is 0 Å². The zero-order chi connectivity index (χ0) is 15.4. The SMILES string of the molecule is O=C(OCc1ccc(-n2cccn2)cc1)c1ccccc1O. The lowest BCUT2D eigenvalue weighted by atomic mass is 10.2. The van der Waals surface area contributed by atoms with E-state index in [1.165, 1.54) is 12.1 Å². The van der Waals surface area contributed by atoms with Gasteiger partial charge in [-0.1, -0.05) is 24.3 Å². The molecule has 0 radical (unpaired) electrons. The largest absolute Gasteiger partial charge is 0.507 e. The van der Waals surface area contributed by atoms with Crippen LogP contribution in [0.25, 0.3) is 5.69 Å². The summed E-state index contributed by atoms with van der Waals surface area (Å²) in [4.78, 5) is 11.9. The van der Waals surface area contributed by atoms with E-state index in [0.717, 1.165) is 11.3 Å². The number of benzene rings is 2. The number of phenols is 1. The Kier molecular flexibility index (Phi) is 3.87. The number of carbonyl (C=O) groups excluding carboxylic acids is 1. The second-order valence-electron chi connectivity index (χ2n) is 4.71. The van der Waals surface area contributed by atoms with Crippen molar-refractivity contribution < 1.29 is 14.6 Å². The minimum Gasteiger partial charge on any atom is -0.507 e. The summed E-state index contributed by atoms with van der Waals surface area (Å²) in [5.74, 6) is -0.629. The van der Waals surface area contributed by atoms with Crippen molar-refractivity contribution in [3.63, 3.8) is 0 Å². The lowest BCUT2D eigenvalue weighted by Crippen LogP contribution is -2.05. The van der Waals surface area contributed by atoms with Crippen LogP contribution in [0.15, 0.2) is 67.0 Å². The van der Waals surface area contributed by atoms with E-state index >= 15 is 0 Å². The van der Waals surface area contributed by atoms with Crippen LogP contribution in [0.1, 0.15) is 15.9 Å². The van der Waals surface area contributed by atoms with Crippen molar-refractivity contribution in [1.82, 2.24) is 9.78 Å². The average Bonchev–Trinajstić information content (AvgIpc) is 3.08. The second-order valence-corrected chi connectivity index (χ2v) is 4.71. The number of rotatable bonds is 4. The number of hydrogen-bond acceptors (Lipinski definition) is 4. The molecule has 1 aromatic heterocycles. The first-order valence-corrected chi connectivity index (χ1v) is 6.78. The standard InChI is InChI=1S/C17H14N2O3/c20-16-5-2-1-4-15(16)17(21)22-12-13-6-8-14(9-7-13)19-11-3-10-18-19/h1-11,20H,12H2. The molecule has 0 aliphatic rings. The Balaban J connectivity index is 1.64. The predicted octanol–water partition coefficient (Wildman–Crippen LogP) is 2.93. The third-order valence-corrected chi connectivity index (χ3v) is 3.20. The first-order valence-electron chi connectivity index (χ1n) is 6.78. The number of hydrogen-bond donors (Lipinski definition) is 1. The Bertz CT molecular complexity index is 765. The van der Waals surface area contributed by atoms with Gasteiger partial charge in [0.1, 0.15) is 17.9 Å².